The second kappa shape index (κ2) is 5.45. The summed E-state index contributed by atoms with van der Waals surface area (Å²) in [5, 5.41) is 7.03. The van der Waals surface area contributed by atoms with Gasteiger partial charge < -0.3 is 5.32 Å². The van der Waals surface area contributed by atoms with Crippen LogP contribution in [0.4, 0.5) is 0 Å². The van der Waals surface area contributed by atoms with Gasteiger partial charge in [0, 0.05) is 36.8 Å². The number of fused-ring (bicyclic) bond motifs is 2. The summed E-state index contributed by atoms with van der Waals surface area (Å²) in [5.74, 6) is 0. The fourth-order valence-electron chi connectivity index (χ4n) is 2.68. The van der Waals surface area contributed by atoms with E-state index in [1.165, 1.54) is 37.4 Å². The third kappa shape index (κ3) is 2.74. The molecule has 0 amide bonds. The number of nitrogens with one attached hydrogen (secondary N) is 1. The van der Waals surface area contributed by atoms with Crippen LogP contribution in [0.3, 0.4) is 0 Å². The fourth-order valence-corrected chi connectivity index (χ4v) is 3.34. The minimum Gasteiger partial charge on any atom is -0.310 e. The normalized spacial score (nSPS) is 29.8. The van der Waals surface area contributed by atoms with Gasteiger partial charge in [0.15, 0.2) is 0 Å². The first-order chi connectivity index (χ1) is 7.40. The van der Waals surface area contributed by atoms with Crippen LogP contribution in [-0.4, -0.2) is 35.1 Å². The first kappa shape index (κ1) is 12.3. The molecule has 3 nitrogen and oxygen atoms in total. The Kier molecular flexibility index (Phi) is 4.19. The summed E-state index contributed by atoms with van der Waals surface area (Å²) in [4.78, 5) is 6.91. The van der Waals surface area contributed by atoms with Gasteiger partial charge in [0.1, 0.15) is 5.01 Å². The van der Waals surface area contributed by atoms with Crippen molar-refractivity contribution >= 4 is 23.7 Å². The summed E-state index contributed by atoms with van der Waals surface area (Å²) < 4.78 is 0. The van der Waals surface area contributed by atoms with E-state index in [4.69, 9.17) is 0 Å². The van der Waals surface area contributed by atoms with Crippen LogP contribution in [0.2, 0.25) is 0 Å². The molecule has 0 saturated carbocycles. The highest BCUT2D eigenvalue weighted by atomic mass is 35.5. The third-order valence-electron chi connectivity index (χ3n) is 3.45. The van der Waals surface area contributed by atoms with Gasteiger partial charge in [-0.2, -0.15) is 0 Å². The van der Waals surface area contributed by atoms with Gasteiger partial charge in [0.25, 0.3) is 0 Å². The lowest BCUT2D eigenvalue weighted by atomic mass is 10.1. The highest BCUT2D eigenvalue weighted by Crippen LogP contribution is 2.21. The standard InChI is InChI=1S/C11H17N3S.ClH/c1-2-10-7-14(5-3-9(1)13-10)8-11-12-4-6-15-11;/h4,6,9-10,13H,1-3,5,7-8H2;1H. The number of thiazole rings is 1. The second-order valence-corrected chi connectivity index (χ2v) is 5.57. The van der Waals surface area contributed by atoms with E-state index in [0.29, 0.717) is 0 Å². The number of hydrogen-bond acceptors (Lipinski definition) is 4. The summed E-state index contributed by atoms with van der Waals surface area (Å²) >= 11 is 1.77. The first-order valence-corrected chi connectivity index (χ1v) is 6.65. The third-order valence-corrected chi connectivity index (χ3v) is 4.21. The second-order valence-electron chi connectivity index (χ2n) is 4.59. The molecule has 90 valence electrons. The molecule has 16 heavy (non-hydrogen) atoms. The molecule has 2 aliphatic heterocycles. The molecule has 1 N–H and O–H groups in total. The summed E-state index contributed by atoms with van der Waals surface area (Å²) in [6.07, 6.45) is 5.96. The molecule has 2 aliphatic rings. The molecule has 3 rings (SSSR count). The minimum atomic E-state index is 0. The van der Waals surface area contributed by atoms with Crippen LogP contribution < -0.4 is 5.32 Å². The quantitative estimate of drug-likeness (QED) is 0.879. The predicted molar refractivity (Wildman–Crippen MR) is 69.2 cm³/mol. The largest absolute Gasteiger partial charge is 0.310 e. The van der Waals surface area contributed by atoms with Crippen LogP contribution in [0.25, 0.3) is 0 Å². The minimum absolute atomic E-state index is 0. The lowest BCUT2D eigenvalue weighted by molar-refractivity contribution is 0.250. The summed E-state index contributed by atoms with van der Waals surface area (Å²) in [7, 11) is 0. The lowest BCUT2D eigenvalue weighted by Crippen LogP contribution is -2.34. The van der Waals surface area contributed by atoms with E-state index >= 15 is 0 Å². The number of rotatable bonds is 2. The predicted octanol–water partition coefficient (Wildman–Crippen LogP) is 1.89. The number of halogens is 1. The van der Waals surface area contributed by atoms with Crippen molar-refractivity contribution in [3.05, 3.63) is 16.6 Å². The maximum absolute atomic E-state index is 4.36. The van der Waals surface area contributed by atoms with Crippen LogP contribution in [0.15, 0.2) is 11.6 Å². The SMILES string of the molecule is Cl.c1csc(CN2CCC3CCC(C2)N3)n1. The van der Waals surface area contributed by atoms with Crippen molar-refractivity contribution in [2.24, 2.45) is 0 Å². The van der Waals surface area contributed by atoms with Gasteiger partial charge in [-0.15, -0.1) is 23.7 Å². The van der Waals surface area contributed by atoms with Crippen molar-refractivity contribution in [2.75, 3.05) is 13.1 Å². The van der Waals surface area contributed by atoms with E-state index in [1.54, 1.807) is 11.3 Å². The molecule has 3 heterocycles. The number of nitrogens with zero attached hydrogens (tertiary/aromatic N) is 2. The summed E-state index contributed by atoms with van der Waals surface area (Å²) in [6, 6.07) is 1.52. The fraction of sp³-hybridized carbons (Fsp3) is 0.727. The summed E-state index contributed by atoms with van der Waals surface area (Å²) in [6.45, 7) is 3.48. The first-order valence-electron chi connectivity index (χ1n) is 5.77. The van der Waals surface area contributed by atoms with Crippen LogP contribution in [-0.2, 0) is 6.54 Å². The Labute approximate surface area is 107 Å². The van der Waals surface area contributed by atoms with E-state index in [-0.39, 0.29) is 12.4 Å². The smallest absolute Gasteiger partial charge is 0.107 e. The van der Waals surface area contributed by atoms with Crippen LogP contribution >= 0.6 is 23.7 Å². The zero-order chi connectivity index (χ0) is 10.1. The molecule has 0 aliphatic carbocycles. The number of likely N-dealkylation sites (tertiary alicyclic amines) is 1. The Morgan fingerprint density at radius 2 is 2.25 bits per heavy atom. The summed E-state index contributed by atoms with van der Waals surface area (Å²) in [5.41, 5.74) is 0. The molecule has 1 aromatic rings. The van der Waals surface area contributed by atoms with Gasteiger partial charge in [-0.1, -0.05) is 0 Å². The monoisotopic (exact) mass is 259 g/mol. The van der Waals surface area contributed by atoms with Gasteiger partial charge in [0.05, 0.1) is 6.54 Å². The molecule has 1 aromatic heterocycles. The molecule has 2 fully saturated rings. The van der Waals surface area contributed by atoms with Gasteiger partial charge in [0.2, 0.25) is 0 Å². The van der Waals surface area contributed by atoms with E-state index in [1.807, 2.05) is 6.20 Å². The van der Waals surface area contributed by atoms with Crippen molar-refractivity contribution in [1.82, 2.24) is 15.2 Å². The number of hydrogen-bond donors (Lipinski definition) is 1. The van der Waals surface area contributed by atoms with Gasteiger partial charge in [-0.05, 0) is 19.3 Å². The molecule has 5 heteroatoms. The van der Waals surface area contributed by atoms with Crippen LogP contribution in [0.1, 0.15) is 24.3 Å². The maximum atomic E-state index is 4.36. The van der Waals surface area contributed by atoms with Crippen molar-refractivity contribution in [2.45, 2.75) is 37.9 Å². The molecule has 2 bridgehead atoms. The molecule has 0 spiro atoms. The average Bonchev–Trinajstić information content (AvgIpc) is 2.80. The van der Waals surface area contributed by atoms with Gasteiger partial charge >= 0.3 is 0 Å². The van der Waals surface area contributed by atoms with Crippen LogP contribution in [0, 0.1) is 0 Å². The van der Waals surface area contributed by atoms with Crippen molar-refractivity contribution in [3.8, 4) is 0 Å². The van der Waals surface area contributed by atoms with Crippen molar-refractivity contribution < 1.29 is 0 Å². The Balaban J connectivity index is 0.000000963. The zero-order valence-corrected chi connectivity index (χ0v) is 10.9. The molecule has 0 radical (unpaired) electrons. The molecule has 2 atom stereocenters. The molecule has 2 saturated heterocycles. The van der Waals surface area contributed by atoms with E-state index < -0.39 is 0 Å². The van der Waals surface area contributed by atoms with E-state index in [9.17, 15) is 0 Å². The molecule has 0 aromatic carbocycles. The van der Waals surface area contributed by atoms with E-state index in [0.717, 1.165) is 18.6 Å². The number of aromatic nitrogens is 1. The Bertz CT molecular complexity index is 317. The Morgan fingerprint density at radius 1 is 1.38 bits per heavy atom. The van der Waals surface area contributed by atoms with Crippen molar-refractivity contribution in [1.29, 1.82) is 0 Å². The Hall–Kier alpha value is -0.160. The lowest BCUT2D eigenvalue weighted by Gasteiger charge is -2.22. The Morgan fingerprint density at radius 3 is 3.06 bits per heavy atom. The zero-order valence-electron chi connectivity index (χ0n) is 9.26. The topological polar surface area (TPSA) is 28.2 Å². The molecular weight excluding hydrogens is 242 g/mol. The maximum Gasteiger partial charge on any atom is 0.107 e. The van der Waals surface area contributed by atoms with E-state index in [2.05, 4.69) is 20.6 Å². The average molecular weight is 260 g/mol. The van der Waals surface area contributed by atoms with Gasteiger partial charge in [-0.25, -0.2) is 4.98 Å². The molecular formula is C11H18ClN3S. The highest BCUT2D eigenvalue weighted by Gasteiger charge is 2.29. The molecule has 2 unspecified atom stereocenters. The van der Waals surface area contributed by atoms with Crippen molar-refractivity contribution in [3.63, 3.8) is 0 Å². The van der Waals surface area contributed by atoms with Gasteiger partial charge in [-0.3, -0.25) is 4.90 Å². The highest BCUT2D eigenvalue weighted by molar-refractivity contribution is 7.09. The van der Waals surface area contributed by atoms with Crippen LogP contribution in [0.5, 0.6) is 0 Å².